The van der Waals surface area contributed by atoms with Crippen LogP contribution in [-0.2, 0) is 0 Å². The summed E-state index contributed by atoms with van der Waals surface area (Å²) in [6.45, 7) is 11.1. The van der Waals surface area contributed by atoms with Gasteiger partial charge in [-0.1, -0.05) is 27.7 Å². The van der Waals surface area contributed by atoms with Crippen LogP contribution in [0.4, 0.5) is 0 Å². The van der Waals surface area contributed by atoms with Gasteiger partial charge >= 0.3 is 0 Å². The van der Waals surface area contributed by atoms with Crippen molar-refractivity contribution in [2.24, 2.45) is 5.92 Å². The molecule has 19 heavy (non-hydrogen) atoms. The summed E-state index contributed by atoms with van der Waals surface area (Å²) in [6.07, 6.45) is 1.02. The van der Waals surface area contributed by atoms with Gasteiger partial charge in [-0.05, 0) is 43.1 Å². The van der Waals surface area contributed by atoms with E-state index in [1.54, 1.807) is 0 Å². The van der Waals surface area contributed by atoms with E-state index in [1.165, 1.54) is 0 Å². The molecule has 3 heteroatoms. The first-order valence-electron chi connectivity index (χ1n) is 7.26. The summed E-state index contributed by atoms with van der Waals surface area (Å²) < 4.78 is 11.4. The predicted molar refractivity (Wildman–Crippen MR) is 80.0 cm³/mol. The molecule has 1 rings (SSSR count). The average Bonchev–Trinajstić information content (AvgIpc) is 2.42. The highest BCUT2D eigenvalue weighted by molar-refractivity contribution is 5.31. The van der Waals surface area contributed by atoms with Crippen LogP contribution in [0.5, 0.6) is 11.5 Å². The molecule has 1 aromatic rings. The van der Waals surface area contributed by atoms with Crippen LogP contribution in [0.15, 0.2) is 24.3 Å². The second-order valence-corrected chi connectivity index (χ2v) is 5.04. The minimum Gasteiger partial charge on any atom is -0.494 e. The molecule has 0 fully saturated rings. The average molecular weight is 265 g/mol. The van der Waals surface area contributed by atoms with Crippen molar-refractivity contribution in [3.63, 3.8) is 0 Å². The van der Waals surface area contributed by atoms with Gasteiger partial charge in [0.2, 0.25) is 0 Å². The zero-order valence-electron chi connectivity index (χ0n) is 12.6. The van der Waals surface area contributed by atoms with Gasteiger partial charge in [0.25, 0.3) is 0 Å². The third-order valence-electron chi connectivity index (χ3n) is 3.00. The van der Waals surface area contributed by atoms with E-state index in [4.69, 9.17) is 9.47 Å². The molecule has 0 amide bonds. The van der Waals surface area contributed by atoms with Gasteiger partial charge in [-0.15, -0.1) is 0 Å². The first kappa shape index (κ1) is 15.8. The third kappa shape index (κ3) is 5.97. The molecule has 0 bridgehead atoms. The Hall–Kier alpha value is -1.22. The fourth-order valence-electron chi connectivity index (χ4n) is 1.79. The van der Waals surface area contributed by atoms with Crippen molar-refractivity contribution in [1.82, 2.24) is 5.32 Å². The van der Waals surface area contributed by atoms with Gasteiger partial charge in [0.1, 0.15) is 18.1 Å². The van der Waals surface area contributed by atoms with Gasteiger partial charge in [0, 0.05) is 6.04 Å². The highest BCUT2D eigenvalue weighted by Crippen LogP contribution is 2.18. The van der Waals surface area contributed by atoms with E-state index >= 15 is 0 Å². The first-order valence-corrected chi connectivity index (χ1v) is 7.26. The predicted octanol–water partition coefficient (Wildman–Crippen LogP) is 3.49. The standard InChI is InChI=1S/C16H27NO2/c1-5-11-18-14-7-9-15(10-8-14)19-12-16(13(3)4)17-6-2/h7-10,13,16-17H,5-6,11-12H2,1-4H3. The number of likely N-dealkylation sites (N-methyl/N-ethyl adjacent to an activating group) is 1. The van der Waals surface area contributed by atoms with Crippen molar-refractivity contribution in [3.05, 3.63) is 24.3 Å². The molecule has 108 valence electrons. The van der Waals surface area contributed by atoms with E-state index in [0.717, 1.165) is 31.1 Å². The Labute approximate surface area is 117 Å². The lowest BCUT2D eigenvalue weighted by molar-refractivity contribution is 0.232. The van der Waals surface area contributed by atoms with Crippen LogP contribution in [0.3, 0.4) is 0 Å². The minimum atomic E-state index is 0.390. The summed E-state index contributed by atoms with van der Waals surface area (Å²) in [7, 11) is 0. The third-order valence-corrected chi connectivity index (χ3v) is 3.00. The van der Waals surface area contributed by atoms with Crippen molar-refractivity contribution in [2.75, 3.05) is 19.8 Å². The molecule has 0 saturated heterocycles. The van der Waals surface area contributed by atoms with Gasteiger partial charge in [0.05, 0.1) is 6.61 Å². The Kier molecular flexibility index (Phi) is 7.34. The van der Waals surface area contributed by atoms with Crippen LogP contribution < -0.4 is 14.8 Å². The largest absolute Gasteiger partial charge is 0.494 e. The quantitative estimate of drug-likeness (QED) is 0.741. The Morgan fingerprint density at radius 2 is 1.58 bits per heavy atom. The van der Waals surface area contributed by atoms with E-state index in [-0.39, 0.29) is 0 Å². The van der Waals surface area contributed by atoms with Gasteiger partial charge in [-0.25, -0.2) is 0 Å². The molecular formula is C16H27NO2. The lowest BCUT2D eigenvalue weighted by Gasteiger charge is -2.22. The Morgan fingerprint density at radius 1 is 1.00 bits per heavy atom. The fraction of sp³-hybridized carbons (Fsp3) is 0.625. The fourth-order valence-corrected chi connectivity index (χ4v) is 1.79. The molecule has 1 unspecified atom stereocenters. The van der Waals surface area contributed by atoms with Crippen molar-refractivity contribution in [2.45, 2.75) is 40.2 Å². The van der Waals surface area contributed by atoms with Crippen molar-refractivity contribution >= 4 is 0 Å². The van der Waals surface area contributed by atoms with Crippen LogP contribution in [0.2, 0.25) is 0 Å². The van der Waals surface area contributed by atoms with Crippen molar-refractivity contribution in [1.29, 1.82) is 0 Å². The molecular weight excluding hydrogens is 238 g/mol. The van der Waals surface area contributed by atoms with Crippen LogP contribution in [0.1, 0.15) is 34.1 Å². The van der Waals surface area contributed by atoms with E-state index in [0.29, 0.717) is 18.6 Å². The molecule has 0 aliphatic heterocycles. The van der Waals surface area contributed by atoms with Gasteiger partial charge in [0.15, 0.2) is 0 Å². The molecule has 0 spiro atoms. The zero-order chi connectivity index (χ0) is 14.1. The molecule has 0 radical (unpaired) electrons. The monoisotopic (exact) mass is 265 g/mol. The topological polar surface area (TPSA) is 30.5 Å². The summed E-state index contributed by atoms with van der Waals surface area (Å²) in [4.78, 5) is 0. The number of ether oxygens (including phenoxy) is 2. The molecule has 1 atom stereocenters. The van der Waals surface area contributed by atoms with E-state index < -0.39 is 0 Å². The normalized spacial score (nSPS) is 12.5. The van der Waals surface area contributed by atoms with Crippen molar-refractivity contribution in [3.8, 4) is 11.5 Å². The van der Waals surface area contributed by atoms with Crippen molar-refractivity contribution < 1.29 is 9.47 Å². The maximum atomic E-state index is 5.82. The van der Waals surface area contributed by atoms with E-state index in [9.17, 15) is 0 Å². The summed E-state index contributed by atoms with van der Waals surface area (Å²) in [6, 6.07) is 8.24. The second-order valence-electron chi connectivity index (χ2n) is 5.04. The van der Waals surface area contributed by atoms with E-state index in [1.807, 2.05) is 24.3 Å². The van der Waals surface area contributed by atoms with Gasteiger partial charge in [-0.3, -0.25) is 0 Å². The molecule has 0 aliphatic carbocycles. The Morgan fingerprint density at radius 3 is 2.05 bits per heavy atom. The van der Waals surface area contributed by atoms with Gasteiger partial charge < -0.3 is 14.8 Å². The lowest BCUT2D eigenvalue weighted by atomic mass is 10.1. The second kappa shape index (κ2) is 8.81. The van der Waals surface area contributed by atoms with Crippen LogP contribution >= 0.6 is 0 Å². The van der Waals surface area contributed by atoms with Crippen LogP contribution in [0, 0.1) is 5.92 Å². The number of nitrogens with one attached hydrogen (secondary N) is 1. The summed E-state index contributed by atoms with van der Waals surface area (Å²) in [5.41, 5.74) is 0. The zero-order valence-corrected chi connectivity index (χ0v) is 12.6. The maximum Gasteiger partial charge on any atom is 0.119 e. The van der Waals surface area contributed by atoms with Crippen LogP contribution in [0.25, 0.3) is 0 Å². The highest BCUT2D eigenvalue weighted by atomic mass is 16.5. The first-order chi connectivity index (χ1) is 9.17. The SMILES string of the molecule is CCCOc1ccc(OCC(NCC)C(C)C)cc1. The molecule has 1 N–H and O–H groups in total. The van der Waals surface area contributed by atoms with Gasteiger partial charge in [-0.2, -0.15) is 0 Å². The minimum absolute atomic E-state index is 0.390. The molecule has 0 aliphatic rings. The maximum absolute atomic E-state index is 5.82. The number of hydrogen-bond donors (Lipinski definition) is 1. The smallest absolute Gasteiger partial charge is 0.119 e. The summed E-state index contributed by atoms with van der Waals surface area (Å²) in [5.74, 6) is 2.36. The number of rotatable bonds is 9. The van der Waals surface area contributed by atoms with Crippen LogP contribution in [-0.4, -0.2) is 25.8 Å². The lowest BCUT2D eigenvalue weighted by Crippen LogP contribution is -2.38. The summed E-state index contributed by atoms with van der Waals surface area (Å²) in [5, 5.41) is 3.44. The molecule has 3 nitrogen and oxygen atoms in total. The highest BCUT2D eigenvalue weighted by Gasteiger charge is 2.12. The Bertz CT molecular complexity index is 335. The molecule has 0 aromatic heterocycles. The molecule has 0 heterocycles. The molecule has 1 aromatic carbocycles. The molecule has 0 saturated carbocycles. The number of benzene rings is 1. The summed E-state index contributed by atoms with van der Waals surface area (Å²) >= 11 is 0. The van der Waals surface area contributed by atoms with E-state index in [2.05, 4.69) is 33.0 Å². The Balaban J connectivity index is 2.43. The number of hydrogen-bond acceptors (Lipinski definition) is 3.